The van der Waals surface area contributed by atoms with Crippen LogP contribution in [0.15, 0.2) is 12.4 Å². The average molecular weight is 182 g/mol. The van der Waals surface area contributed by atoms with Gasteiger partial charge in [-0.25, -0.2) is 4.98 Å². The van der Waals surface area contributed by atoms with E-state index in [-0.39, 0.29) is 18.6 Å². The highest BCUT2D eigenvalue weighted by Crippen LogP contribution is 2.01. The van der Waals surface area contributed by atoms with E-state index in [1.165, 1.54) is 6.20 Å². The van der Waals surface area contributed by atoms with Crippen LogP contribution in [0.3, 0.4) is 0 Å². The quantitative estimate of drug-likeness (QED) is 0.661. The SMILES string of the molecule is O=C(O)CCCC(=O)c1ncc[nH]1. The van der Waals surface area contributed by atoms with Gasteiger partial charge in [-0.15, -0.1) is 0 Å². The molecule has 1 heterocycles. The molecule has 0 radical (unpaired) electrons. The second-order valence-corrected chi connectivity index (χ2v) is 2.61. The second-order valence-electron chi connectivity index (χ2n) is 2.61. The minimum atomic E-state index is -0.882. The number of carbonyl (C=O) groups is 2. The Morgan fingerprint density at radius 2 is 2.23 bits per heavy atom. The number of hydrogen-bond acceptors (Lipinski definition) is 3. The molecule has 1 rings (SSSR count). The first-order chi connectivity index (χ1) is 6.20. The first-order valence-corrected chi connectivity index (χ1v) is 3.94. The molecule has 0 aliphatic rings. The van der Waals surface area contributed by atoms with Gasteiger partial charge in [-0.05, 0) is 6.42 Å². The van der Waals surface area contributed by atoms with Crippen molar-refractivity contribution < 1.29 is 14.7 Å². The van der Waals surface area contributed by atoms with Crippen LogP contribution in [0.5, 0.6) is 0 Å². The van der Waals surface area contributed by atoms with Crippen LogP contribution in [0.1, 0.15) is 29.9 Å². The smallest absolute Gasteiger partial charge is 0.303 e. The zero-order valence-electron chi connectivity index (χ0n) is 6.99. The van der Waals surface area contributed by atoms with Gasteiger partial charge >= 0.3 is 5.97 Å². The van der Waals surface area contributed by atoms with Crippen LogP contribution in [0, 0.1) is 0 Å². The van der Waals surface area contributed by atoms with Crippen molar-refractivity contribution in [2.75, 3.05) is 0 Å². The normalized spacial score (nSPS) is 9.85. The second kappa shape index (κ2) is 4.39. The summed E-state index contributed by atoms with van der Waals surface area (Å²) in [5.41, 5.74) is 0. The lowest BCUT2D eigenvalue weighted by Crippen LogP contribution is -2.03. The average Bonchev–Trinajstić information content (AvgIpc) is 2.55. The molecule has 2 N–H and O–H groups in total. The van der Waals surface area contributed by atoms with Gasteiger partial charge in [0.15, 0.2) is 11.6 Å². The lowest BCUT2D eigenvalue weighted by molar-refractivity contribution is -0.137. The molecule has 1 aromatic rings. The molecule has 0 bridgehead atoms. The zero-order chi connectivity index (χ0) is 9.68. The molecule has 1 aromatic heterocycles. The maximum Gasteiger partial charge on any atom is 0.303 e. The lowest BCUT2D eigenvalue weighted by Gasteiger charge is -1.94. The highest BCUT2D eigenvalue weighted by atomic mass is 16.4. The van der Waals surface area contributed by atoms with Gasteiger partial charge in [-0.3, -0.25) is 9.59 Å². The van der Waals surface area contributed by atoms with Crippen LogP contribution in [0.25, 0.3) is 0 Å². The molecule has 0 aromatic carbocycles. The number of nitrogens with one attached hydrogen (secondary N) is 1. The van der Waals surface area contributed by atoms with Crippen LogP contribution in [-0.2, 0) is 4.79 Å². The molecule has 0 spiro atoms. The summed E-state index contributed by atoms with van der Waals surface area (Å²) in [5.74, 6) is -0.733. The monoisotopic (exact) mass is 182 g/mol. The summed E-state index contributed by atoms with van der Waals surface area (Å²) in [6.45, 7) is 0. The summed E-state index contributed by atoms with van der Waals surface area (Å²) >= 11 is 0. The Kier molecular flexibility index (Phi) is 3.19. The number of carbonyl (C=O) groups excluding carboxylic acids is 1. The Morgan fingerprint density at radius 3 is 2.77 bits per heavy atom. The summed E-state index contributed by atoms with van der Waals surface area (Å²) in [6.07, 6.45) is 3.65. The summed E-state index contributed by atoms with van der Waals surface area (Å²) in [4.78, 5) is 27.8. The largest absolute Gasteiger partial charge is 0.481 e. The van der Waals surface area contributed by atoms with E-state index in [9.17, 15) is 9.59 Å². The zero-order valence-corrected chi connectivity index (χ0v) is 6.99. The lowest BCUT2D eigenvalue weighted by atomic mass is 10.2. The number of aliphatic carboxylic acids is 1. The fraction of sp³-hybridized carbons (Fsp3) is 0.375. The minimum absolute atomic E-state index is 0.0203. The first-order valence-electron chi connectivity index (χ1n) is 3.94. The van der Waals surface area contributed by atoms with Gasteiger partial charge in [0.1, 0.15) is 0 Å². The summed E-state index contributed by atoms with van der Waals surface area (Å²) in [5, 5.41) is 8.32. The van der Waals surface area contributed by atoms with Gasteiger partial charge in [-0.2, -0.15) is 0 Å². The van der Waals surface area contributed by atoms with E-state index >= 15 is 0 Å². The molecule has 0 saturated carbocycles. The number of imidazole rings is 1. The maximum absolute atomic E-state index is 11.2. The molecular formula is C8H10N2O3. The predicted octanol–water partition coefficient (Wildman–Crippen LogP) is 0.847. The number of rotatable bonds is 5. The van der Waals surface area contributed by atoms with Crippen LogP contribution in [-0.4, -0.2) is 26.8 Å². The molecule has 0 saturated heterocycles. The third-order valence-electron chi connectivity index (χ3n) is 1.56. The van der Waals surface area contributed by atoms with E-state index in [1.54, 1.807) is 6.20 Å². The number of nitrogens with zero attached hydrogens (tertiary/aromatic N) is 1. The molecule has 5 heteroatoms. The molecule has 0 aliphatic carbocycles. The van der Waals surface area contributed by atoms with E-state index in [1.807, 2.05) is 0 Å². The molecule has 70 valence electrons. The van der Waals surface area contributed by atoms with Gasteiger partial charge in [0, 0.05) is 25.2 Å². The Bertz CT molecular complexity index is 292. The number of Topliss-reactive ketones (excluding diaryl/α,β-unsaturated/α-hetero) is 1. The van der Waals surface area contributed by atoms with Crippen LogP contribution in [0.4, 0.5) is 0 Å². The van der Waals surface area contributed by atoms with Crippen molar-refractivity contribution in [3.8, 4) is 0 Å². The molecule has 0 aliphatic heterocycles. The summed E-state index contributed by atoms with van der Waals surface area (Å²) in [6, 6.07) is 0. The van der Waals surface area contributed by atoms with Crippen molar-refractivity contribution in [1.29, 1.82) is 0 Å². The number of carboxylic acid groups (broad SMARTS) is 1. The Morgan fingerprint density at radius 1 is 1.46 bits per heavy atom. The fourth-order valence-corrected chi connectivity index (χ4v) is 0.936. The highest BCUT2D eigenvalue weighted by molar-refractivity contribution is 5.92. The van der Waals surface area contributed by atoms with Gasteiger partial charge in [-0.1, -0.05) is 0 Å². The molecule has 0 amide bonds. The van der Waals surface area contributed by atoms with Gasteiger partial charge < -0.3 is 10.1 Å². The van der Waals surface area contributed by atoms with Crippen molar-refractivity contribution >= 4 is 11.8 Å². The Hall–Kier alpha value is -1.65. The molecule has 13 heavy (non-hydrogen) atoms. The van der Waals surface area contributed by atoms with Gasteiger partial charge in [0.25, 0.3) is 0 Å². The number of carboxylic acids is 1. The first kappa shape index (κ1) is 9.44. The van der Waals surface area contributed by atoms with Crippen molar-refractivity contribution in [3.63, 3.8) is 0 Å². The molecule has 5 nitrogen and oxygen atoms in total. The number of aromatic amines is 1. The van der Waals surface area contributed by atoms with E-state index in [2.05, 4.69) is 9.97 Å². The Balaban J connectivity index is 2.31. The summed E-state index contributed by atoms with van der Waals surface area (Å²) < 4.78 is 0. The fourth-order valence-electron chi connectivity index (χ4n) is 0.936. The third kappa shape index (κ3) is 3.06. The van der Waals surface area contributed by atoms with Crippen LogP contribution >= 0.6 is 0 Å². The van der Waals surface area contributed by atoms with Crippen molar-refractivity contribution in [2.45, 2.75) is 19.3 Å². The maximum atomic E-state index is 11.2. The van der Waals surface area contributed by atoms with E-state index in [0.29, 0.717) is 12.2 Å². The van der Waals surface area contributed by atoms with Gasteiger partial charge in [0.05, 0.1) is 0 Å². The van der Waals surface area contributed by atoms with Crippen molar-refractivity contribution in [1.82, 2.24) is 9.97 Å². The number of ketones is 1. The molecule has 0 fully saturated rings. The van der Waals surface area contributed by atoms with E-state index < -0.39 is 5.97 Å². The van der Waals surface area contributed by atoms with Crippen molar-refractivity contribution in [2.24, 2.45) is 0 Å². The highest BCUT2D eigenvalue weighted by Gasteiger charge is 2.08. The molecule has 0 unspecified atom stereocenters. The van der Waals surface area contributed by atoms with Crippen LogP contribution in [0.2, 0.25) is 0 Å². The predicted molar refractivity (Wildman–Crippen MR) is 44.4 cm³/mol. The molecular weight excluding hydrogens is 172 g/mol. The van der Waals surface area contributed by atoms with Crippen molar-refractivity contribution in [3.05, 3.63) is 18.2 Å². The number of H-pyrrole nitrogens is 1. The molecule has 0 atom stereocenters. The van der Waals surface area contributed by atoms with E-state index in [0.717, 1.165) is 0 Å². The minimum Gasteiger partial charge on any atom is -0.481 e. The van der Waals surface area contributed by atoms with E-state index in [4.69, 9.17) is 5.11 Å². The standard InChI is InChI=1S/C8H10N2O3/c11-6(2-1-3-7(12)13)8-9-4-5-10-8/h4-5H,1-3H2,(H,9,10)(H,12,13). The topological polar surface area (TPSA) is 83.0 Å². The number of aromatic nitrogens is 2. The Labute approximate surface area is 74.8 Å². The number of hydrogen-bond donors (Lipinski definition) is 2. The summed E-state index contributed by atoms with van der Waals surface area (Å²) in [7, 11) is 0. The van der Waals surface area contributed by atoms with Crippen LogP contribution < -0.4 is 0 Å². The van der Waals surface area contributed by atoms with Gasteiger partial charge in [0.2, 0.25) is 0 Å². The third-order valence-corrected chi connectivity index (χ3v) is 1.56.